The molecule has 0 aromatic heterocycles. The maximum absolute atomic E-state index is 13.5. The second-order valence-corrected chi connectivity index (χ2v) is 4.44. The highest BCUT2D eigenvalue weighted by molar-refractivity contribution is 5.86. The van der Waals surface area contributed by atoms with Crippen LogP contribution in [0.25, 0.3) is 0 Å². The predicted octanol–water partition coefficient (Wildman–Crippen LogP) is 2.49. The molecule has 1 N–H and O–H groups in total. The zero-order valence-electron chi connectivity index (χ0n) is 10.1. The summed E-state index contributed by atoms with van der Waals surface area (Å²) in [6.07, 6.45) is -4.11. The Morgan fingerprint density at radius 3 is 2.58 bits per heavy atom. The van der Waals surface area contributed by atoms with Crippen LogP contribution >= 0.6 is 0 Å². The standard InChI is InChI=1S/C12H12F4N2O/c1-18-5-4-9(11(18)19)17-10-6-7(12(14,15)16)2-3-8(10)13/h2-3,6,9,17H,4-5H2,1H3. The molecule has 0 bridgehead atoms. The molecular formula is C12H12F4N2O. The molecular weight excluding hydrogens is 264 g/mol. The van der Waals surface area contributed by atoms with Gasteiger partial charge in [0.2, 0.25) is 5.91 Å². The van der Waals surface area contributed by atoms with E-state index in [1.165, 1.54) is 4.90 Å². The zero-order chi connectivity index (χ0) is 14.2. The lowest BCUT2D eigenvalue weighted by atomic mass is 10.1. The number of rotatable bonds is 2. The van der Waals surface area contributed by atoms with E-state index in [1.54, 1.807) is 7.05 Å². The Kier molecular flexibility index (Phi) is 3.38. The van der Waals surface area contributed by atoms with Gasteiger partial charge in [-0.25, -0.2) is 4.39 Å². The Balaban J connectivity index is 2.23. The van der Waals surface area contributed by atoms with Crippen molar-refractivity contribution in [2.75, 3.05) is 18.9 Å². The zero-order valence-corrected chi connectivity index (χ0v) is 10.1. The maximum Gasteiger partial charge on any atom is 0.416 e. The molecule has 0 saturated carbocycles. The van der Waals surface area contributed by atoms with E-state index in [4.69, 9.17) is 0 Å². The van der Waals surface area contributed by atoms with Crippen molar-refractivity contribution in [3.05, 3.63) is 29.6 Å². The summed E-state index contributed by atoms with van der Waals surface area (Å²) in [5.41, 5.74) is -1.25. The second kappa shape index (κ2) is 4.71. The molecule has 1 aliphatic rings. The van der Waals surface area contributed by atoms with Gasteiger partial charge < -0.3 is 10.2 Å². The lowest BCUT2D eigenvalue weighted by Crippen LogP contribution is -2.31. The van der Waals surface area contributed by atoms with Crippen molar-refractivity contribution >= 4 is 11.6 Å². The Bertz CT molecular complexity index is 501. The predicted molar refractivity (Wildman–Crippen MR) is 61.1 cm³/mol. The van der Waals surface area contributed by atoms with Gasteiger partial charge in [0.15, 0.2) is 0 Å². The van der Waals surface area contributed by atoms with Crippen molar-refractivity contribution in [1.29, 1.82) is 0 Å². The van der Waals surface area contributed by atoms with E-state index in [-0.39, 0.29) is 11.6 Å². The fraction of sp³-hybridized carbons (Fsp3) is 0.417. The average molecular weight is 276 g/mol. The summed E-state index contributed by atoms with van der Waals surface area (Å²) in [4.78, 5) is 13.1. The molecule has 0 aliphatic carbocycles. The fourth-order valence-electron chi connectivity index (χ4n) is 1.96. The SMILES string of the molecule is CN1CCC(Nc2cc(C(F)(F)F)ccc2F)C1=O. The summed E-state index contributed by atoms with van der Waals surface area (Å²) in [7, 11) is 1.59. The van der Waals surface area contributed by atoms with Crippen molar-refractivity contribution in [2.24, 2.45) is 0 Å². The van der Waals surface area contributed by atoms with E-state index in [9.17, 15) is 22.4 Å². The van der Waals surface area contributed by atoms with Gasteiger partial charge in [-0.05, 0) is 24.6 Å². The number of hydrogen-bond acceptors (Lipinski definition) is 2. The van der Waals surface area contributed by atoms with Crippen LogP contribution in [0.4, 0.5) is 23.2 Å². The van der Waals surface area contributed by atoms with Crippen LogP contribution < -0.4 is 5.32 Å². The van der Waals surface area contributed by atoms with Gasteiger partial charge in [0.1, 0.15) is 11.9 Å². The van der Waals surface area contributed by atoms with E-state index in [1.807, 2.05) is 0 Å². The Morgan fingerprint density at radius 1 is 1.37 bits per heavy atom. The summed E-state index contributed by atoms with van der Waals surface area (Å²) >= 11 is 0. The molecule has 19 heavy (non-hydrogen) atoms. The number of carbonyl (C=O) groups is 1. The molecule has 104 valence electrons. The number of amides is 1. The van der Waals surface area contributed by atoms with Crippen LogP contribution in [0.15, 0.2) is 18.2 Å². The third-order valence-electron chi connectivity index (χ3n) is 3.05. The number of benzene rings is 1. The van der Waals surface area contributed by atoms with Gasteiger partial charge in [-0.3, -0.25) is 4.79 Å². The van der Waals surface area contributed by atoms with Crippen LogP contribution in [0, 0.1) is 5.82 Å². The summed E-state index contributed by atoms with van der Waals surface area (Å²) < 4.78 is 51.1. The van der Waals surface area contributed by atoms with Crippen molar-refractivity contribution in [2.45, 2.75) is 18.6 Å². The van der Waals surface area contributed by atoms with E-state index >= 15 is 0 Å². The molecule has 1 aromatic rings. The van der Waals surface area contributed by atoms with Gasteiger partial charge in [-0.2, -0.15) is 13.2 Å². The normalized spacial score (nSPS) is 19.9. The van der Waals surface area contributed by atoms with Gasteiger partial charge >= 0.3 is 6.18 Å². The minimum absolute atomic E-state index is 0.253. The molecule has 7 heteroatoms. The number of alkyl halides is 3. The summed E-state index contributed by atoms with van der Waals surface area (Å²) in [6, 6.07) is 1.42. The first-order valence-corrected chi connectivity index (χ1v) is 5.67. The van der Waals surface area contributed by atoms with Gasteiger partial charge in [0.05, 0.1) is 11.3 Å². The maximum atomic E-state index is 13.5. The van der Waals surface area contributed by atoms with Crippen LogP contribution in [0.2, 0.25) is 0 Å². The lowest BCUT2D eigenvalue weighted by molar-refractivity contribution is -0.137. The molecule has 3 nitrogen and oxygen atoms in total. The first-order chi connectivity index (χ1) is 8.79. The van der Waals surface area contributed by atoms with E-state index in [0.29, 0.717) is 25.1 Å². The topological polar surface area (TPSA) is 32.3 Å². The number of hydrogen-bond donors (Lipinski definition) is 1. The van der Waals surface area contributed by atoms with Gasteiger partial charge in [0, 0.05) is 13.6 Å². The number of likely N-dealkylation sites (N-methyl/N-ethyl adjacent to an activating group) is 1. The molecule has 0 radical (unpaired) electrons. The number of likely N-dealkylation sites (tertiary alicyclic amines) is 1. The smallest absolute Gasteiger partial charge is 0.371 e. The molecule has 1 aliphatic heterocycles. The van der Waals surface area contributed by atoms with Gasteiger partial charge in [-0.15, -0.1) is 0 Å². The molecule has 1 unspecified atom stereocenters. The Morgan fingerprint density at radius 2 is 2.05 bits per heavy atom. The largest absolute Gasteiger partial charge is 0.416 e. The van der Waals surface area contributed by atoms with Crippen molar-refractivity contribution in [1.82, 2.24) is 4.90 Å². The van der Waals surface area contributed by atoms with Crippen LogP contribution in [0.3, 0.4) is 0 Å². The monoisotopic (exact) mass is 276 g/mol. The van der Waals surface area contributed by atoms with E-state index < -0.39 is 23.6 Å². The van der Waals surface area contributed by atoms with E-state index in [0.717, 1.165) is 6.07 Å². The highest BCUT2D eigenvalue weighted by Gasteiger charge is 2.33. The fourth-order valence-corrected chi connectivity index (χ4v) is 1.96. The molecule has 1 saturated heterocycles. The first kappa shape index (κ1) is 13.6. The first-order valence-electron chi connectivity index (χ1n) is 5.67. The number of nitrogens with one attached hydrogen (secondary N) is 1. The third kappa shape index (κ3) is 2.80. The van der Waals surface area contributed by atoms with Crippen LogP contribution in [-0.2, 0) is 11.0 Å². The highest BCUT2D eigenvalue weighted by atomic mass is 19.4. The molecule has 1 heterocycles. The highest BCUT2D eigenvalue weighted by Crippen LogP contribution is 2.32. The van der Waals surface area contributed by atoms with Crippen molar-refractivity contribution < 1.29 is 22.4 Å². The molecule has 2 rings (SSSR count). The average Bonchev–Trinajstić information content (AvgIpc) is 2.62. The summed E-state index contributed by atoms with van der Waals surface area (Å²) in [6.45, 7) is 0.497. The van der Waals surface area contributed by atoms with Crippen LogP contribution in [0.1, 0.15) is 12.0 Å². The number of carbonyl (C=O) groups excluding carboxylic acids is 1. The minimum Gasteiger partial charge on any atom is -0.371 e. The van der Waals surface area contributed by atoms with Crippen molar-refractivity contribution in [3.63, 3.8) is 0 Å². The number of anilines is 1. The number of nitrogens with zero attached hydrogens (tertiary/aromatic N) is 1. The molecule has 1 amide bonds. The van der Waals surface area contributed by atoms with Gasteiger partial charge in [0.25, 0.3) is 0 Å². The third-order valence-corrected chi connectivity index (χ3v) is 3.05. The van der Waals surface area contributed by atoms with Crippen LogP contribution in [-0.4, -0.2) is 30.4 Å². The van der Waals surface area contributed by atoms with Gasteiger partial charge in [-0.1, -0.05) is 0 Å². The number of halogens is 4. The van der Waals surface area contributed by atoms with Crippen LogP contribution in [0.5, 0.6) is 0 Å². The molecule has 1 fully saturated rings. The second-order valence-electron chi connectivity index (χ2n) is 4.44. The Hall–Kier alpha value is -1.79. The molecule has 1 aromatic carbocycles. The van der Waals surface area contributed by atoms with Crippen molar-refractivity contribution in [3.8, 4) is 0 Å². The lowest BCUT2D eigenvalue weighted by Gasteiger charge is -2.15. The summed E-state index contributed by atoms with van der Waals surface area (Å²) in [5, 5.41) is 2.54. The minimum atomic E-state index is -4.54. The Labute approximate surface area is 107 Å². The quantitative estimate of drug-likeness (QED) is 0.842. The van der Waals surface area contributed by atoms with E-state index in [2.05, 4.69) is 5.32 Å². The summed E-state index contributed by atoms with van der Waals surface area (Å²) in [5.74, 6) is -1.06. The molecule has 1 atom stereocenters. The molecule has 0 spiro atoms.